The maximum Gasteiger partial charge on any atom is 0.251 e. The SMILES string of the molecule is CCn1c(CNC(=O)c2ccccc2C)nnc1SCC(=O)Nc1c(C)cc(Br)cc1C. The number of nitrogens with one attached hydrogen (secondary N) is 2. The van der Waals surface area contributed by atoms with Gasteiger partial charge in [0.05, 0.1) is 12.3 Å². The van der Waals surface area contributed by atoms with Crippen molar-refractivity contribution in [2.24, 2.45) is 0 Å². The number of nitrogens with zero attached hydrogens (tertiary/aromatic N) is 3. The molecule has 1 heterocycles. The highest BCUT2D eigenvalue weighted by Crippen LogP contribution is 2.26. The molecule has 1 aromatic heterocycles. The minimum Gasteiger partial charge on any atom is -0.345 e. The summed E-state index contributed by atoms with van der Waals surface area (Å²) in [6.07, 6.45) is 0. The molecule has 2 aromatic carbocycles. The third-order valence-electron chi connectivity index (χ3n) is 5.00. The Balaban J connectivity index is 1.61. The summed E-state index contributed by atoms with van der Waals surface area (Å²) in [6, 6.07) is 11.4. The van der Waals surface area contributed by atoms with Crippen molar-refractivity contribution in [3.05, 3.63) is 68.9 Å². The zero-order valence-electron chi connectivity index (χ0n) is 18.5. The number of rotatable bonds is 8. The Bertz CT molecular complexity index is 1120. The molecule has 0 aliphatic carbocycles. The monoisotopic (exact) mass is 515 g/mol. The number of hydrogen-bond acceptors (Lipinski definition) is 5. The summed E-state index contributed by atoms with van der Waals surface area (Å²) in [5.41, 5.74) is 4.38. The summed E-state index contributed by atoms with van der Waals surface area (Å²) < 4.78 is 2.89. The van der Waals surface area contributed by atoms with E-state index in [4.69, 9.17) is 0 Å². The van der Waals surface area contributed by atoms with Crippen LogP contribution < -0.4 is 10.6 Å². The van der Waals surface area contributed by atoms with Crippen LogP contribution in [-0.4, -0.2) is 32.3 Å². The van der Waals surface area contributed by atoms with E-state index in [0.29, 0.717) is 23.1 Å². The Morgan fingerprint density at radius 2 is 1.75 bits per heavy atom. The lowest BCUT2D eigenvalue weighted by Crippen LogP contribution is -2.25. The summed E-state index contributed by atoms with van der Waals surface area (Å²) in [5.74, 6) is 0.603. The molecule has 0 aliphatic rings. The Morgan fingerprint density at radius 1 is 1.06 bits per heavy atom. The second-order valence-electron chi connectivity index (χ2n) is 7.39. The fourth-order valence-corrected chi connectivity index (χ4v) is 4.88. The second kappa shape index (κ2) is 10.8. The van der Waals surface area contributed by atoms with Crippen LogP contribution in [0.25, 0.3) is 0 Å². The predicted molar refractivity (Wildman–Crippen MR) is 131 cm³/mol. The minimum absolute atomic E-state index is 0.108. The number of halogens is 1. The van der Waals surface area contributed by atoms with E-state index in [1.807, 2.05) is 62.6 Å². The molecule has 0 atom stereocenters. The summed E-state index contributed by atoms with van der Waals surface area (Å²) in [4.78, 5) is 25.0. The summed E-state index contributed by atoms with van der Waals surface area (Å²) in [7, 11) is 0. The zero-order valence-corrected chi connectivity index (χ0v) is 20.9. The van der Waals surface area contributed by atoms with E-state index < -0.39 is 0 Å². The third kappa shape index (κ3) is 5.77. The molecule has 0 saturated heterocycles. The van der Waals surface area contributed by atoms with E-state index in [9.17, 15) is 9.59 Å². The molecule has 0 aliphatic heterocycles. The normalized spacial score (nSPS) is 10.8. The zero-order chi connectivity index (χ0) is 23.3. The van der Waals surface area contributed by atoms with E-state index in [1.165, 1.54) is 11.8 Å². The summed E-state index contributed by atoms with van der Waals surface area (Å²) >= 11 is 4.79. The molecular formula is C23H26BrN5O2S. The van der Waals surface area contributed by atoms with Crippen molar-refractivity contribution in [3.8, 4) is 0 Å². The molecule has 9 heteroatoms. The predicted octanol–water partition coefficient (Wildman–Crippen LogP) is 4.65. The lowest BCUT2D eigenvalue weighted by Gasteiger charge is -2.12. The number of benzene rings is 2. The molecule has 3 rings (SSSR count). The Kier molecular flexibility index (Phi) is 8.09. The Hall–Kier alpha value is -2.65. The number of carbonyl (C=O) groups excluding carboxylic acids is 2. The van der Waals surface area contributed by atoms with Crippen molar-refractivity contribution >= 4 is 45.2 Å². The van der Waals surface area contributed by atoms with Gasteiger partial charge in [0.1, 0.15) is 0 Å². The van der Waals surface area contributed by atoms with Crippen LogP contribution in [0.1, 0.15) is 39.8 Å². The van der Waals surface area contributed by atoms with Crippen molar-refractivity contribution < 1.29 is 9.59 Å². The van der Waals surface area contributed by atoms with Gasteiger partial charge in [-0.15, -0.1) is 10.2 Å². The Morgan fingerprint density at radius 3 is 2.41 bits per heavy atom. The summed E-state index contributed by atoms with van der Waals surface area (Å²) in [6.45, 7) is 8.71. The van der Waals surface area contributed by atoms with Crippen LogP contribution in [-0.2, 0) is 17.9 Å². The molecule has 0 unspecified atom stereocenters. The van der Waals surface area contributed by atoms with E-state index in [2.05, 4.69) is 36.8 Å². The van der Waals surface area contributed by atoms with Gasteiger partial charge in [0.25, 0.3) is 5.91 Å². The smallest absolute Gasteiger partial charge is 0.251 e. The van der Waals surface area contributed by atoms with Gasteiger partial charge in [-0.05, 0) is 62.6 Å². The van der Waals surface area contributed by atoms with Gasteiger partial charge >= 0.3 is 0 Å². The maximum atomic E-state index is 12.5. The number of aromatic nitrogens is 3. The molecule has 0 fully saturated rings. The quantitative estimate of drug-likeness (QED) is 0.426. The average molecular weight is 516 g/mol. The van der Waals surface area contributed by atoms with Crippen LogP contribution in [0, 0.1) is 20.8 Å². The van der Waals surface area contributed by atoms with Crippen molar-refractivity contribution in [2.75, 3.05) is 11.1 Å². The van der Waals surface area contributed by atoms with Crippen molar-refractivity contribution in [1.82, 2.24) is 20.1 Å². The molecule has 7 nitrogen and oxygen atoms in total. The molecule has 0 bridgehead atoms. The van der Waals surface area contributed by atoms with Gasteiger partial charge in [0.15, 0.2) is 11.0 Å². The fourth-order valence-electron chi connectivity index (χ4n) is 3.37. The molecule has 3 aromatic rings. The van der Waals surface area contributed by atoms with Gasteiger partial charge in [0.2, 0.25) is 5.91 Å². The topological polar surface area (TPSA) is 88.9 Å². The molecule has 0 radical (unpaired) electrons. The number of aryl methyl sites for hydroxylation is 3. The van der Waals surface area contributed by atoms with E-state index in [1.54, 1.807) is 6.07 Å². The van der Waals surface area contributed by atoms with Crippen LogP contribution in [0.5, 0.6) is 0 Å². The summed E-state index contributed by atoms with van der Waals surface area (Å²) in [5, 5.41) is 15.0. The first-order chi connectivity index (χ1) is 15.3. The van der Waals surface area contributed by atoms with Crippen LogP contribution in [0.3, 0.4) is 0 Å². The lowest BCUT2D eigenvalue weighted by atomic mass is 10.1. The molecule has 2 amide bonds. The van der Waals surface area contributed by atoms with Gasteiger partial charge < -0.3 is 15.2 Å². The van der Waals surface area contributed by atoms with Gasteiger partial charge in [-0.1, -0.05) is 45.9 Å². The number of thioether (sulfide) groups is 1. The third-order valence-corrected chi connectivity index (χ3v) is 6.43. The number of carbonyl (C=O) groups is 2. The van der Waals surface area contributed by atoms with Crippen molar-refractivity contribution in [3.63, 3.8) is 0 Å². The maximum absolute atomic E-state index is 12.5. The van der Waals surface area contributed by atoms with E-state index >= 15 is 0 Å². The average Bonchev–Trinajstić information content (AvgIpc) is 3.15. The highest BCUT2D eigenvalue weighted by atomic mass is 79.9. The molecule has 32 heavy (non-hydrogen) atoms. The number of anilines is 1. The van der Waals surface area contributed by atoms with Crippen LogP contribution in [0.2, 0.25) is 0 Å². The standard InChI is InChI=1S/C23H26BrN5O2S/c1-5-29-19(12-25-22(31)18-9-7-6-8-14(18)2)27-28-23(29)32-13-20(30)26-21-15(3)10-17(24)11-16(21)4/h6-11H,5,12-13H2,1-4H3,(H,25,31)(H,26,30). The van der Waals surface area contributed by atoms with Gasteiger partial charge in [-0.3, -0.25) is 9.59 Å². The number of hydrogen-bond donors (Lipinski definition) is 2. The largest absolute Gasteiger partial charge is 0.345 e. The fraction of sp³-hybridized carbons (Fsp3) is 0.304. The van der Waals surface area contributed by atoms with Gasteiger partial charge in [-0.2, -0.15) is 0 Å². The van der Waals surface area contributed by atoms with Crippen LogP contribution in [0.4, 0.5) is 5.69 Å². The first-order valence-electron chi connectivity index (χ1n) is 10.3. The van der Waals surface area contributed by atoms with Crippen LogP contribution >= 0.6 is 27.7 Å². The van der Waals surface area contributed by atoms with Crippen molar-refractivity contribution in [1.29, 1.82) is 0 Å². The first-order valence-corrected chi connectivity index (χ1v) is 12.0. The first kappa shape index (κ1) is 24.0. The van der Waals surface area contributed by atoms with Crippen LogP contribution in [0.15, 0.2) is 46.0 Å². The molecule has 168 valence electrons. The molecule has 0 spiro atoms. The minimum atomic E-state index is -0.150. The molecular weight excluding hydrogens is 490 g/mol. The number of amides is 2. The van der Waals surface area contributed by atoms with Crippen molar-refractivity contribution in [2.45, 2.75) is 45.9 Å². The Labute approximate surface area is 200 Å². The van der Waals surface area contributed by atoms with E-state index in [0.717, 1.165) is 26.9 Å². The molecule has 0 saturated carbocycles. The van der Waals surface area contributed by atoms with E-state index in [-0.39, 0.29) is 24.1 Å². The second-order valence-corrected chi connectivity index (χ2v) is 9.25. The highest BCUT2D eigenvalue weighted by molar-refractivity contribution is 9.10. The molecule has 2 N–H and O–H groups in total. The highest BCUT2D eigenvalue weighted by Gasteiger charge is 2.16. The van der Waals surface area contributed by atoms with Gasteiger partial charge in [0, 0.05) is 22.3 Å². The lowest BCUT2D eigenvalue weighted by molar-refractivity contribution is -0.113. The van der Waals surface area contributed by atoms with Gasteiger partial charge in [-0.25, -0.2) is 0 Å².